The van der Waals surface area contributed by atoms with E-state index >= 15 is 0 Å². The van der Waals surface area contributed by atoms with E-state index < -0.39 is 36.3 Å². The molecular formula is C26H29FN3NaO5. The number of aliphatic carboxylic acids is 1. The van der Waals surface area contributed by atoms with Crippen molar-refractivity contribution in [2.45, 2.75) is 57.7 Å². The molecule has 3 rings (SSSR count). The number of aromatic nitrogens is 2. The van der Waals surface area contributed by atoms with Crippen molar-refractivity contribution in [2.75, 3.05) is 5.32 Å². The van der Waals surface area contributed by atoms with Crippen LogP contribution in [0, 0.1) is 5.82 Å². The molecule has 2 aromatic carbocycles. The first-order valence-electron chi connectivity index (χ1n) is 11.5. The number of hydrogen-bond acceptors (Lipinski definition) is 6. The third kappa shape index (κ3) is 7.97. The molecule has 1 aromatic heterocycles. The van der Waals surface area contributed by atoms with Crippen LogP contribution in [0.15, 0.2) is 54.6 Å². The van der Waals surface area contributed by atoms with Gasteiger partial charge < -0.3 is 25.4 Å². The van der Waals surface area contributed by atoms with Gasteiger partial charge in [-0.15, -0.1) is 0 Å². The van der Waals surface area contributed by atoms with E-state index in [-0.39, 0.29) is 60.4 Å². The molecule has 0 saturated carbocycles. The number of benzene rings is 2. The number of nitrogens with one attached hydrogen (secondary N) is 1. The molecule has 186 valence electrons. The molecular weight excluding hydrogens is 476 g/mol. The molecule has 8 nitrogen and oxygen atoms in total. The summed E-state index contributed by atoms with van der Waals surface area (Å²) in [4.78, 5) is 23.9. The number of aliphatic hydroxyl groups excluding tert-OH is 2. The zero-order valence-electron chi connectivity index (χ0n) is 20.6. The number of carbonyl (C=O) groups excluding carboxylic acids is 2. The first-order valence-corrected chi connectivity index (χ1v) is 11.5. The fraction of sp³-hybridized carbons (Fsp3) is 0.346. The number of anilines is 1. The molecule has 0 aliphatic heterocycles. The predicted molar refractivity (Wildman–Crippen MR) is 127 cm³/mol. The number of carboxylic acids is 1. The number of amides is 1. The second kappa shape index (κ2) is 13.7. The van der Waals surface area contributed by atoms with Gasteiger partial charge in [-0.2, -0.15) is 5.10 Å². The van der Waals surface area contributed by atoms with Crippen LogP contribution in [0.25, 0.3) is 5.69 Å². The smallest absolute Gasteiger partial charge is 0.550 e. The molecule has 2 atom stereocenters. The molecule has 0 radical (unpaired) electrons. The average Bonchev–Trinajstić information content (AvgIpc) is 3.18. The van der Waals surface area contributed by atoms with Crippen LogP contribution in [-0.2, 0) is 11.2 Å². The van der Waals surface area contributed by atoms with E-state index in [1.807, 2.05) is 19.9 Å². The predicted octanol–water partition coefficient (Wildman–Crippen LogP) is -0.424. The van der Waals surface area contributed by atoms with Crippen LogP contribution >= 0.6 is 0 Å². The maximum absolute atomic E-state index is 13.6. The zero-order valence-corrected chi connectivity index (χ0v) is 22.6. The Kier molecular flexibility index (Phi) is 11.3. The molecule has 1 amide bonds. The third-order valence-corrected chi connectivity index (χ3v) is 5.58. The second-order valence-electron chi connectivity index (χ2n) is 8.73. The SMILES string of the molecule is CC(C)c1c(C(=O)Nc2ccccc2)nn(-c2ccc(F)cc2)c1CC[C@@H](O)C[C@@H](O)CC(=O)[O-].[Na+]. The molecule has 0 bridgehead atoms. The molecule has 0 spiro atoms. The van der Waals surface area contributed by atoms with Gasteiger partial charge in [-0.05, 0) is 61.6 Å². The Bertz CT molecular complexity index is 1150. The summed E-state index contributed by atoms with van der Waals surface area (Å²) in [5, 5.41) is 38.3. The maximum atomic E-state index is 13.6. The zero-order chi connectivity index (χ0) is 25.5. The van der Waals surface area contributed by atoms with Crippen LogP contribution < -0.4 is 40.0 Å². The number of aliphatic hydroxyl groups is 2. The van der Waals surface area contributed by atoms with E-state index in [2.05, 4.69) is 10.4 Å². The Morgan fingerprint density at radius 3 is 2.28 bits per heavy atom. The molecule has 0 saturated heterocycles. The van der Waals surface area contributed by atoms with Crippen molar-refractivity contribution < 1.29 is 58.9 Å². The van der Waals surface area contributed by atoms with Crippen molar-refractivity contribution in [2.24, 2.45) is 0 Å². The van der Waals surface area contributed by atoms with Crippen LogP contribution in [0.2, 0.25) is 0 Å². The summed E-state index contributed by atoms with van der Waals surface area (Å²) in [6.45, 7) is 3.85. The fourth-order valence-electron chi connectivity index (χ4n) is 4.00. The van der Waals surface area contributed by atoms with Gasteiger partial charge >= 0.3 is 29.6 Å². The number of carbonyl (C=O) groups is 2. The van der Waals surface area contributed by atoms with E-state index in [4.69, 9.17) is 0 Å². The summed E-state index contributed by atoms with van der Waals surface area (Å²) in [7, 11) is 0. The largest absolute Gasteiger partial charge is 1.00 e. The summed E-state index contributed by atoms with van der Waals surface area (Å²) in [5.41, 5.74) is 2.73. The molecule has 36 heavy (non-hydrogen) atoms. The first kappa shape index (κ1) is 29.7. The molecule has 0 fully saturated rings. The molecule has 0 aliphatic carbocycles. The number of carboxylic acid groups (broad SMARTS) is 1. The van der Waals surface area contributed by atoms with Crippen molar-refractivity contribution in [3.63, 3.8) is 0 Å². The van der Waals surface area contributed by atoms with Crippen molar-refractivity contribution in [1.82, 2.24) is 9.78 Å². The van der Waals surface area contributed by atoms with Gasteiger partial charge in [-0.1, -0.05) is 32.0 Å². The fourth-order valence-corrected chi connectivity index (χ4v) is 4.00. The van der Waals surface area contributed by atoms with Gasteiger partial charge in [0.2, 0.25) is 0 Å². The van der Waals surface area contributed by atoms with E-state index in [9.17, 15) is 29.3 Å². The number of halogens is 1. The second-order valence-corrected chi connectivity index (χ2v) is 8.73. The Morgan fingerprint density at radius 1 is 1.06 bits per heavy atom. The van der Waals surface area contributed by atoms with Crippen LogP contribution in [-0.4, -0.2) is 44.1 Å². The normalized spacial score (nSPS) is 12.6. The van der Waals surface area contributed by atoms with Gasteiger partial charge in [0.15, 0.2) is 5.69 Å². The number of para-hydroxylation sites is 1. The third-order valence-electron chi connectivity index (χ3n) is 5.58. The summed E-state index contributed by atoms with van der Waals surface area (Å²) < 4.78 is 15.1. The summed E-state index contributed by atoms with van der Waals surface area (Å²) in [6.07, 6.45) is -2.43. The van der Waals surface area contributed by atoms with E-state index in [0.717, 1.165) is 0 Å². The van der Waals surface area contributed by atoms with E-state index in [0.29, 0.717) is 22.6 Å². The van der Waals surface area contributed by atoms with Gasteiger partial charge in [-0.3, -0.25) is 4.79 Å². The quantitative estimate of drug-likeness (QED) is 0.304. The van der Waals surface area contributed by atoms with Gasteiger partial charge in [0, 0.05) is 29.3 Å². The van der Waals surface area contributed by atoms with Gasteiger partial charge in [0.05, 0.1) is 17.9 Å². The van der Waals surface area contributed by atoms with Crippen LogP contribution in [0.1, 0.15) is 60.8 Å². The van der Waals surface area contributed by atoms with Crippen LogP contribution in [0.3, 0.4) is 0 Å². The number of rotatable bonds is 11. The average molecular weight is 506 g/mol. The minimum Gasteiger partial charge on any atom is -0.550 e. The molecule has 3 aromatic rings. The van der Waals surface area contributed by atoms with Crippen molar-refractivity contribution >= 4 is 17.6 Å². The van der Waals surface area contributed by atoms with Gasteiger partial charge in [0.25, 0.3) is 5.91 Å². The summed E-state index contributed by atoms with van der Waals surface area (Å²) in [5.74, 6) is -2.30. The van der Waals surface area contributed by atoms with Crippen LogP contribution in [0.4, 0.5) is 10.1 Å². The first-order chi connectivity index (χ1) is 16.7. The summed E-state index contributed by atoms with van der Waals surface area (Å²) in [6, 6.07) is 14.7. The van der Waals surface area contributed by atoms with Crippen molar-refractivity contribution in [3.05, 3.63) is 77.4 Å². The molecule has 10 heteroatoms. The topological polar surface area (TPSA) is 128 Å². The number of nitrogens with zero attached hydrogens (tertiary/aromatic N) is 2. The standard InChI is InChI=1S/C26H30FN3O5.Na/c1-16(2)24-22(13-12-20(31)14-21(32)15-23(33)34)30(19-10-8-17(27)9-11-19)29-25(24)26(35)28-18-6-4-3-5-7-18;/h3-11,16,20-21,31-32H,12-15H2,1-2H3,(H,28,35)(H,33,34);/q;+1/p-1/t20-,21-;/m1./s1. The molecule has 1 heterocycles. The monoisotopic (exact) mass is 505 g/mol. The van der Waals surface area contributed by atoms with Crippen LogP contribution in [0.5, 0.6) is 0 Å². The summed E-state index contributed by atoms with van der Waals surface area (Å²) >= 11 is 0. The Balaban J connectivity index is 0.00000456. The van der Waals surface area contributed by atoms with E-state index in [1.165, 1.54) is 12.1 Å². The Morgan fingerprint density at radius 2 is 1.69 bits per heavy atom. The molecule has 0 unspecified atom stereocenters. The van der Waals surface area contributed by atoms with Crippen molar-refractivity contribution in [3.8, 4) is 5.69 Å². The Labute approximate surface area is 231 Å². The minimum absolute atomic E-state index is 0. The van der Waals surface area contributed by atoms with E-state index in [1.54, 1.807) is 41.1 Å². The van der Waals surface area contributed by atoms with Gasteiger partial charge in [-0.25, -0.2) is 9.07 Å². The Hall–Kier alpha value is -2.56. The van der Waals surface area contributed by atoms with Gasteiger partial charge in [0.1, 0.15) is 5.82 Å². The molecule has 0 aliphatic rings. The number of hydrogen-bond donors (Lipinski definition) is 3. The maximum Gasteiger partial charge on any atom is 1.00 e. The van der Waals surface area contributed by atoms with Crippen molar-refractivity contribution in [1.29, 1.82) is 0 Å². The minimum atomic E-state index is -1.39. The molecule has 3 N–H and O–H groups in total.